The van der Waals surface area contributed by atoms with E-state index in [0.717, 1.165) is 0 Å². The molecule has 2 heterocycles. The lowest BCUT2D eigenvalue weighted by Crippen LogP contribution is -2.32. The number of rotatable bonds is 6. The van der Waals surface area contributed by atoms with Gasteiger partial charge in [0.05, 0.1) is 25.3 Å². The van der Waals surface area contributed by atoms with E-state index >= 15 is 0 Å². The summed E-state index contributed by atoms with van der Waals surface area (Å²) in [6.07, 6.45) is 0. The molecule has 162 valence electrons. The van der Waals surface area contributed by atoms with E-state index in [1.165, 1.54) is 12.0 Å². The van der Waals surface area contributed by atoms with Gasteiger partial charge in [0, 0.05) is 19.2 Å². The molecule has 0 aliphatic carbocycles. The quantitative estimate of drug-likeness (QED) is 0.432. The molecule has 0 aromatic heterocycles. The van der Waals surface area contributed by atoms with Crippen LogP contribution in [-0.4, -0.2) is 62.3 Å². The Morgan fingerprint density at radius 3 is 2.45 bits per heavy atom. The molecule has 1 N–H and O–H groups in total. The van der Waals surface area contributed by atoms with Crippen molar-refractivity contribution in [1.82, 2.24) is 4.90 Å². The van der Waals surface area contributed by atoms with Crippen LogP contribution in [-0.2, 0) is 14.3 Å². The molecular formula is C23H23NO7. The van der Waals surface area contributed by atoms with Crippen molar-refractivity contribution >= 4 is 17.4 Å². The van der Waals surface area contributed by atoms with Crippen LogP contribution in [0.3, 0.4) is 0 Å². The van der Waals surface area contributed by atoms with Crippen LogP contribution >= 0.6 is 0 Å². The summed E-state index contributed by atoms with van der Waals surface area (Å²) in [7, 11) is 3.08. The number of aliphatic hydroxyl groups is 1. The van der Waals surface area contributed by atoms with Gasteiger partial charge >= 0.3 is 0 Å². The summed E-state index contributed by atoms with van der Waals surface area (Å²) in [6, 6.07) is 11.2. The van der Waals surface area contributed by atoms with E-state index in [-0.39, 0.29) is 24.5 Å². The minimum Gasteiger partial charge on any atom is -0.507 e. The molecule has 2 aliphatic heterocycles. The number of carbonyl (C=O) groups is 2. The fourth-order valence-electron chi connectivity index (χ4n) is 3.78. The van der Waals surface area contributed by atoms with Crippen LogP contribution in [0, 0.1) is 0 Å². The molecule has 8 heteroatoms. The van der Waals surface area contributed by atoms with E-state index in [4.69, 9.17) is 18.9 Å². The predicted molar refractivity (Wildman–Crippen MR) is 111 cm³/mol. The van der Waals surface area contributed by atoms with Crippen LogP contribution in [0.25, 0.3) is 5.76 Å². The van der Waals surface area contributed by atoms with E-state index in [2.05, 4.69) is 0 Å². The zero-order chi connectivity index (χ0) is 22.0. The first-order valence-electron chi connectivity index (χ1n) is 9.86. The summed E-state index contributed by atoms with van der Waals surface area (Å²) < 4.78 is 21.4. The highest BCUT2D eigenvalue weighted by molar-refractivity contribution is 6.46. The smallest absolute Gasteiger partial charge is 0.295 e. The van der Waals surface area contributed by atoms with Gasteiger partial charge in [-0.2, -0.15) is 0 Å². The van der Waals surface area contributed by atoms with Crippen molar-refractivity contribution in [2.45, 2.75) is 6.04 Å². The second-order valence-corrected chi connectivity index (χ2v) is 7.12. The number of nitrogens with zero attached hydrogens (tertiary/aromatic N) is 1. The molecule has 1 atom stereocenters. The first-order chi connectivity index (χ1) is 15.0. The molecule has 31 heavy (non-hydrogen) atoms. The molecule has 0 spiro atoms. The van der Waals surface area contributed by atoms with E-state index in [1.807, 2.05) is 0 Å². The third-order valence-corrected chi connectivity index (χ3v) is 5.32. The monoisotopic (exact) mass is 425 g/mol. The van der Waals surface area contributed by atoms with Gasteiger partial charge in [0.1, 0.15) is 24.7 Å². The molecule has 1 amide bonds. The number of benzene rings is 2. The Bertz CT molecular complexity index is 1030. The third-order valence-electron chi connectivity index (χ3n) is 5.32. The molecule has 4 rings (SSSR count). The molecule has 0 saturated carbocycles. The van der Waals surface area contributed by atoms with Crippen LogP contribution < -0.4 is 14.2 Å². The predicted octanol–water partition coefficient (Wildman–Crippen LogP) is 2.53. The minimum atomic E-state index is -0.755. The second kappa shape index (κ2) is 8.69. The van der Waals surface area contributed by atoms with Gasteiger partial charge in [0.2, 0.25) is 0 Å². The molecule has 2 aliphatic rings. The van der Waals surface area contributed by atoms with Crippen LogP contribution in [0.1, 0.15) is 17.2 Å². The summed E-state index contributed by atoms with van der Waals surface area (Å²) in [5.41, 5.74) is 1.06. The summed E-state index contributed by atoms with van der Waals surface area (Å²) in [4.78, 5) is 27.2. The van der Waals surface area contributed by atoms with Crippen molar-refractivity contribution in [1.29, 1.82) is 0 Å². The lowest BCUT2D eigenvalue weighted by Gasteiger charge is -2.25. The van der Waals surface area contributed by atoms with E-state index < -0.39 is 17.7 Å². The zero-order valence-electron chi connectivity index (χ0n) is 17.3. The van der Waals surface area contributed by atoms with E-state index in [9.17, 15) is 14.7 Å². The van der Waals surface area contributed by atoms with Gasteiger partial charge in [-0.3, -0.25) is 9.59 Å². The number of aliphatic hydroxyl groups excluding tert-OH is 1. The molecule has 1 saturated heterocycles. The fourth-order valence-corrected chi connectivity index (χ4v) is 3.78. The Morgan fingerprint density at radius 2 is 1.77 bits per heavy atom. The van der Waals surface area contributed by atoms with Crippen molar-refractivity contribution in [2.75, 3.05) is 40.6 Å². The number of Topliss-reactive ketones (excluding diaryl/α,β-unsaturated/α-hetero) is 1. The maximum Gasteiger partial charge on any atom is 0.295 e. The first-order valence-corrected chi connectivity index (χ1v) is 9.86. The summed E-state index contributed by atoms with van der Waals surface area (Å²) in [5.74, 6) is -0.0123. The number of likely N-dealkylation sites (tertiary alicyclic amines) is 1. The number of amides is 1. The normalized spacial score (nSPS) is 19.5. The average Bonchev–Trinajstić information content (AvgIpc) is 3.06. The second-order valence-electron chi connectivity index (χ2n) is 7.12. The molecule has 0 radical (unpaired) electrons. The van der Waals surface area contributed by atoms with Gasteiger partial charge in [-0.05, 0) is 35.9 Å². The standard InChI is InChI=1S/C23H23NO7/c1-28-10-9-24-20(14-3-6-16(29-2)7-4-14)19(22(26)23(24)27)21(25)15-5-8-17-18(13-15)31-12-11-30-17/h3-8,13,20,25H,9-12H2,1-2H3/t20-/m1/s1. The Morgan fingerprint density at radius 1 is 1.06 bits per heavy atom. The highest BCUT2D eigenvalue weighted by Gasteiger charge is 2.45. The maximum absolute atomic E-state index is 13.0. The minimum absolute atomic E-state index is 0.0166. The molecular weight excluding hydrogens is 402 g/mol. The summed E-state index contributed by atoms with van der Waals surface area (Å²) in [5, 5.41) is 11.1. The van der Waals surface area contributed by atoms with Crippen molar-refractivity contribution in [3.05, 3.63) is 59.2 Å². The molecule has 0 unspecified atom stereocenters. The lowest BCUT2D eigenvalue weighted by molar-refractivity contribution is -0.140. The third kappa shape index (κ3) is 3.82. The number of hydrogen-bond acceptors (Lipinski definition) is 7. The van der Waals surface area contributed by atoms with Crippen LogP contribution in [0.2, 0.25) is 0 Å². The SMILES string of the molecule is COCCN1C(=O)C(=O)C(=C(O)c2ccc3c(c2)OCCO3)[C@H]1c1ccc(OC)cc1. The maximum atomic E-state index is 13.0. The summed E-state index contributed by atoms with van der Waals surface area (Å²) >= 11 is 0. The van der Waals surface area contributed by atoms with Gasteiger partial charge in [0.15, 0.2) is 11.5 Å². The Kier molecular flexibility index (Phi) is 5.81. The molecule has 1 fully saturated rings. The van der Waals surface area contributed by atoms with Crippen LogP contribution in [0.5, 0.6) is 17.2 Å². The van der Waals surface area contributed by atoms with Gasteiger partial charge < -0.3 is 29.0 Å². The van der Waals surface area contributed by atoms with Gasteiger partial charge in [0.25, 0.3) is 11.7 Å². The Labute approximate surface area is 179 Å². The van der Waals surface area contributed by atoms with E-state index in [0.29, 0.717) is 41.6 Å². The largest absolute Gasteiger partial charge is 0.507 e. The number of carbonyl (C=O) groups excluding carboxylic acids is 2. The molecule has 8 nitrogen and oxygen atoms in total. The van der Waals surface area contributed by atoms with Crippen molar-refractivity contribution in [3.8, 4) is 17.2 Å². The summed E-state index contributed by atoms with van der Waals surface area (Å²) in [6.45, 7) is 1.30. The number of hydrogen-bond donors (Lipinski definition) is 1. The Hall–Kier alpha value is -3.52. The number of ketones is 1. The molecule has 2 aromatic rings. The highest BCUT2D eigenvalue weighted by Crippen LogP contribution is 2.41. The highest BCUT2D eigenvalue weighted by atomic mass is 16.6. The van der Waals surface area contributed by atoms with Gasteiger partial charge in [-0.1, -0.05) is 12.1 Å². The average molecular weight is 425 g/mol. The number of methoxy groups -OCH3 is 2. The van der Waals surface area contributed by atoms with Crippen molar-refractivity contribution in [3.63, 3.8) is 0 Å². The van der Waals surface area contributed by atoms with Crippen molar-refractivity contribution < 1.29 is 33.6 Å². The van der Waals surface area contributed by atoms with Gasteiger partial charge in [-0.25, -0.2) is 0 Å². The van der Waals surface area contributed by atoms with E-state index in [1.54, 1.807) is 49.6 Å². The Balaban J connectivity index is 1.81. The topological polar surface area (TPSA) is 94.5 Å². The van der Waals surface area contributed by atoms with Crippen LogP contribution in [0.4, 0.5) is 0 Å². The van der Waals surface area contributed by atoms with Gasteiger partial charge in [-0.15, -0.1) is 0 Å². The van der Waals surface area contributed by atoms with Crippen LogP contribution in [0.15, 0.2) is 48.0 Å². The first kappa shape index (κ1) is 20.7. The molecule has 2 aromatic carbocycles. The molecule has 0 bridgehead atoms. The fraction of sp³-hybridized carbons (Fsp3) is 0.304. The number of fused-ring (bicyclic) bond motifs is 1. The lowest BCUT2D eigenvalue weighted by atomic mass is 9.95. The zero-order valence-corrected chi connectivity index (χ0v) is 17.3. The number of ether oxygens (including phenoxy) is 4. The van der Waals surface area contributed by atoms with Crippen molar-refractivity contribution in [2.24, 2.45) is 0 Å².